The quantitative estimate of drug-likeness (QED) is 0.235. The van der Waals surface area contributed by atoms with Crippen molar-refractivity contribution in [3.8, 4) is 0 Å². The first-order chi connectivity index (χ1) is 8.42. The first kappa shape index (κ1) is 15.2. The second-order valence-electron chi connectivity index (χ2n) is 4.22. The van der Waals surface area contributed by atoms with Crippen LogP contribution in [0.2, 0.25) is 0 Å². The van der Waals surface area contributed by atoms with Gasteiger partial charge in [0.15, 0.2) is 6.23 Å². The number of ether oxygens (including phenoxy) is 1. The van der Waals surface area contributed by atoms with Crippen LogP contribution in [0.15, 0.2) is 11.9 Å². The molecule has 1 saturated heterocycles. The van der Waals surface area contributed by atoms with E-state index in [2.05, 4.69) is 0 Å². The topological polar surface area (TPSA) is 145 Å². The van der Waals surface area contributed by atoms with Crippen LogP contribution in [0.1, 0.15) is 13.3 Å². The van der Waals surface area contributed by atoms with Crippen LogP contribution in [0.25, 0.3) is 0 Å². The molecular weight excluding hydrogens is 242 g/mol. The molecule has 1 heterocycles. The summed E-state index contributed by atoms with van der Waals surface area (Å²) in [5, 5.41) is 39.0. The predicted octanol–water partition coefficient (Wildman–Crippen LogP) is -2.83. The molecule has 5 atom stereocenters. The Kier molecular flexibility index (Phi) is 5.32. The van der Waals surface area contributed by atoms with Gasteiger partial charge in [0.2, 0.25) is 0 Å². The first-order valence-corrected chi connectivity index (χ1v) is 5.72. The lowest BCUT2D eigenvalue weighted by atomic mass is 9.98. The Bertz CT molecular complexity index is 299. The highest BCUT2D eigenvalue weighted by Gasteiger charge is 2.44. The lowest BCUT2D eigenvalue weighted by Crippen LogP contribution is -2.63. The molecule has 0 aromatic rings. The Morgan fingerprint density at radius 2 is 1.89 bits per heavy atom. The average Bonchev–Trinajstić information content (AvgIpc) is 2.36. The summed E-state index contributed by atoms with van der Waals surface area (Å²) in [5.74, 6) is 5.66. The molecular formula is C10H21N3O5. The lowest BCUT2D eigenvalue weighted by Gasteiger charge is -2.42. The van der Waals surface area contributed by atoms with Gasteiger partial charge in [-0.25, -0.2) is 5.84 Å². The van der Waals surface area contributed by atoms with E-state index in [1.807, 2.05) is 6.92 Å². The molecule has 0 aliphatic carbocycles. The zero-order valence-corrected chi connectivity index (χ0v) is 10.2. The third-order valence-corrected chi connectivity index (χ3v) is 2.88. The van der Waals surface area contributed by atoms with Gasteiger partial charge in [0.05, 0.1) is 6.61 Å². The number of aliphatic hydroxyl groups is 4. The Labute approximate surface area is 105 Å². The average molecular weight is 263 g/mol. The second kappa shape index (κ2) is 6.32. The third-order valence-electron chi connectivity index (χ3n) is 2.88. The van der Waals surface area contributed by atoms with Crippen molar-refractivity contribution in [2.75, 3.05) is 6.61 Å². The van der Waals surface area contributed by atoms with Gasteiger partial charge in [0.1, 0.15) is 24.4 Å². The van der Waals surface area contributed by atoms with Crippen molar-refractivity contribution in [1.29, 1.82) is 0 Å². The van der Waals surface area contributed by atoms with Gasteiger partial charge in [-0.1, -0.05) is 6.92 Å². The van der Waals surface area contributed by atoms with E-state index in [1.165, 1.54) is 6.20 Å². The van der Waals surface area contributed by atoms with Crippen LogP contribution in [-0.2, 0) is 4.74 Å². The number of aliphatic hydroxyl groups excluding tert-OH is 4. The minimum atomic E-state index is -1.46. The largest absolute Gasteiger partial charge is 0.401 e. The molecule has 1 aliphatic heterocycles. The van der Waals surface area contributed by atoms with Crippen LogP contribution in [0, 0.1) is 0 Å². The third kappa shape index (κ3) is 3.10. The molecule has 0 saturated carbocycles. The van der Waals surface area contributed by atoms with Crippen molar-refractivity contribution in [1.82, 2.24) is 5.01 Å². The molecule has 18 heavy (non-hydrogen) atoms. The van der Waals surface area contributed by atoms with E-state index in [-0.39, 0.29) is 0 Å². The Morgan fingerprint density at radius 1 is 1.28 bits per heavy atom. The normalized spacial score (nSPS) is 37.7. The van der Waals surface area contributed by atoms with Crippen molar-refractivity contribution in [3.05, 3.63) is 11.9 Å². The molecule has 0 aromatic heterocycles. The van der Waals surface area contributed by atoms with E-state index < -0.39 is 37.3 Å². The van der Waals surface area contributed by atoms with Gasteiger partial charge in [0.25, 0.3) is 0 Å². The Hall–Kier alpha value is -0.900. The fraction of sp³-hybridized carbons (Fsp3) is 0.800. The highest BCUT2D eigenvalue weighted by atomic mass is 16.6. The Morgan fingerprint density at radius 3 is 2.39 bits per heavy atom. The van der Waals surface area contributed by atoms with Crippen LogP contribution >= 0.6 is 0 Å². The maximum absolute atomic E-state index is 9.77. The van der Waals surface area contributed by atoms with Crippen molar-refractivity contribution < 1.29 is 25.2 Å². The number of nitrogens with two attached hydrogens (primary N) is 2. The molecule has 5 unspecified atom stereocenters. The molecule has 1 rings (SSSR count). The molecule has 0 bridgehead atoms. The molecule has 1 fully saturated rings. The number of hydrogen-bond donors (Lipinski definition) is 6. The molecule has 0 aromatic carbocycles. The van der Waals surface area contributed by atoms with Crippen molar-refractivity contribution in [3.63, 3.8) is 0 Å². The van der Waals surface area contributed by atoms with E-state index >= 15 is 0 Å². The predicted molar refractivity (Wildman–Crippen MR) is 62.4 cm³/mol. The maximum Gasteiger partial charge on any atom is 0.172 e. The van der Waals surface area contributed by atoms with Crippen molar-refractivity contribution in [2.24, 2.45) is 11.6 Å². The molecule has 0 amide bonds. The zero-order valence-electron chi connectivity index (χ0n) is 10.2. The van der Waals surface area contributed by atoms with Crippen LogP contribution < -0.4 is 11.6 Å². The molecule has 8 N–H and O–H groups in total. The van der Waals surface area contributed by atoms with E-state index in [9.17, 15) is 15.3 Å². The van der Waals surface area contributed by atoms with Crippen LogP contribution in [0.3, 0.4) is 0 Å². The van der Waals surface area contributed by atoms with Gasteiger partial charge in [-0.05, 0) is 6.42 Å². The van der Waals surface area contributed by atoms with Gasteiger partial charge in [0, 0.05) is 11.9 Å². The summed E-state index contributed by atoms with van der Waals surface area (Å²) in [6.07, 6.45) is -4.42. The zero-order chi connectivity index (χ0) is 13.9. The molecule has 106 valence electrons. The molecule has 1 aliphatic rings. The lowest BCUT2D eigenvalue weighted by molar-refractivity contribution is -0.259. The van der Waals surface area contributed by atoms with Crippen LogP contribution in [0.5, 0.6) is 0 Å². The first-order valence-electron chi connectivity index (χ1n) is 5.72. The second-order valence-corrected chi connectivity index (χ2v) is 4.22. The number of rotatable bonds is 4. The van der Waals surface area contributed by atoms with E-state index in [1.54, 1.807) is 0 Å². The standard InChI is InChI=1S/C10H21N3O5/c1-2-5(11)3-13(12)10-9(17)8(16)7(15)6(4-14)18-10/h3,6-10,14-17H,2,4,11-12H2,1H3/b5-3-. The smallest absolute Gasteiger partial charge is 0.172 e. The minimum Gasteiger partial charge on any atom is -0.401 e. The van der Waals surface area contributed by atoms with Crippen LogP contribution in [-0.4, -0.2) is 62.7 Å². The summed E-state index contributed by atoms with van der Waals surface area (Å²) in [6, 6.07) is 0. The highest BCUT2D eigenvalue weighted by molar-refractivity contribution is 4.98. The van der Waals surface area contributed by atoms with Gasteiger partial charge in [-0.2, -0.15) is 0 Å². The molecule has 8 heteroatoms. The number of nitrogens with zero attached hydrogens (tertiary/aromatic N) is 1. The fourth-order valence-corrected chi connectivity index (χ4v) is 1.68. The summed E-state index contributed by atoms with van der Waals surface area (Å²) in [6.45, 7) is 1.33. The summed E-state index contributed by atoms with van der Waals surface area (Å²) in [5.41, 5.74) is 6.06. The highest BCUT2D eigenvalue weighted by Crippen LogP contribution is 2.22. The monoisotopic (exact) mass is 263 g/mol. The summed E-state index contributed by atoms with van der Waals surface area (Å²) in [4.78, 5) is 0. The SMILES string of the molecule is CC/C(N)=C/N(N)C1OC(CO)C(O)C(O)C1O. The van der Waals surface area contributed by atoms with E-state index in [0.29, 0.717) is 12.1 Å². The molecule has 0 radical (unpaired) electrons. The molecule has 0 spiro atoms. The van der Waals surface area contributed by atoms with E-state index in [4.69, 9.17) is 21.4 Å². The van der Waals surface area contributed by atoms with Gasteiger partial charge in [-0.15, -0.1) is 0 Å². The van der Waals surface area contributed by atoms with Gasteiger partial charge in [-0.3, -0.25) is 5.01 Å². The number of hydrogen-bond acceptors (Lipinski definition) is 8. The summed E-state index contributed by atoms with van der Waals surface area (Å²) < 4.78 is 5.23. The number of allylic oxidation sites excluding steroid dienone is 1. The van der Waals surface area contributed by atoms with Gasteiger partial charge < -0.3 is 30.9 Å². The van der Waals surface area contributed by atoms with Crippen LogP contribution in [0.4, 0.5) is 0 Å². The fourth-order valence-electron chi connectivity index (χ4n) is 1.68. The van der Waals surface area contributed by atoms with E-state index in [0.717, 1.165) is 5.01 Å². The minimum absolute atomic E-state index is 0.467. The van der Waals surface area contributed by atoms with Crippen molar-refractivity contribution in [2.45, 2.75) is 44.0 Å². The van der Waals surface area contributed by atoms with Crippen molar-refractivity contribution >= 4 is 0 Å². The summed E-state index contributed by atoms with van der Waals surface area (Å²) >= 11 is 0. The summed E-state index contributed by atoms with van der Waals surface area (Å²) in [7, 11) is 0. The van der Waals surface area contributed by atoms with Gasteiger partial charge >= 0.3 is 0 Å². The Balaban J connectivity index is 2.81. The number of hydrazine groups is 1. The maximum atomic E-state index is 9.77. The molecule has 8 nitrogen and oxygen atoms in total.